The third kappa shape index (κ3) is 1.97. The molecule has 1 aliphatic rings. The average Bonchev–Trinajstić information content (AvgIpc) is 2.40. The number of rotatable bonds is 2. The molecule has 0 amide bonds. The van der Waals surface area contributed by atoms with Crippen molar-refractivity contribution in [1.82, 2.24) is 0 Å². The SMILES string of the molecule is O=C(CC1CCOC1)OO. The summed E-state index contributed by atoms with van der Waals surface area (Å²) in [5.41, 5.74) is 0. The van der Waals surface area contributed by atoms with Crippen molar-refractivity contribution >= 4 is 5.97 Å². The maximum Gasteiger partial charge on any atom is 0.342 e. The standard InChI is InChI=1S/C6H10O4/c7-6(10-8)3-5-1-2-9-4-5/h5,8H,1-4H2. The zero-order chi connectivity index (χ0) is 7.40. The van der Waals surface area contributed by atoms with E-state index in [0.717, 1.165) is 6.42 Å². The van der Waals surface area contributed by atoms with Crippen LogP contribution < -0.4 is 0 Å². The van der Waals surface area contributed by atoms with Crippen LogP contribution in [0.15, 0.2) is 0 Å². The summed E-state index contributed by atoms with van der Waals surface area (Å²) >= 11 is 0. The zero-order valence-corrected chi connectivity index (χ0v) is 5.58. The molecule has 58 valence electrons. The fraction of sp³-hybridized carbons (Fsp3) is 0.833. The van der Waals surface area contributed by atoms with Crippen molar-refractivity contribution in [2.45, 2.75) is 12.8 Å². The van der Waals surface area contributed by atoms with Gasteiger partial charge in [-0.15, -0.1) is 0 Å². The Bertz CT molecular complexity index is 117. The minimum atomic E-state index is -0.574. The van der Waals surface area contributed by atoms with Gasteiger partial charge < -0.3 is 9.62 Å². The number of ether oxygens (including phenoxy) is 1. The van der Waals surface area contributed by atoms with Gasteiger partial charge in [0.05, 0.1) is 13.0 Å². The summed E-state index contributed by atoms with van der Waals surface area (Å²) in [5, 5.41) is 7.90. The fourth-order valence-electron chi connectivity index (χ4n) is 1.02. The van der Waals surface area contributed by atoms with E-state index in [4.69, 9.17) is 9.99 Å². The third-order valence-corrected chi connectivity index (χ3v) is 1.58. The van der Waals surface area contributed by atoms with E-state index in [1.807, 2.05) is 0 Å². The molecule has 1 aliphatic heterocycles. The van der Waals surface area contributed by atoms with Crippen LogP contribution >= 0.6 is 0 Å². The van der Waals surface area contributed by atoms with Crippen molar-refractivity contribution in [3.63, 3.8) is 0 Å². The van der Waals surface area contributed by atoms with Gasteiger partial charge in [-0.05, 0) is 12.3 Å². The van der Waals surface area contributed by atoms with Gasteiger partial charge in [-0.1, -0.05) is 0 Å². The fourth-order valence-corrected chi connectivity index (χ4v) is 1.02. The third-order valence-electron chi connectivity index (χ3n) is 1.58. The monoisotopic (exact) mass is 146 g/mol. The zero-order valence-electron chi connectivity index (χ0n) is 5.58. The van der Waals surface area contributed by atoms with Gasteiger partial charge in [0.15, 0.2) is 0 Å². The Balaban J connectivity index is 2.17. The van der Waals surface area contributed by atoms with Gasteiger partial charge >= 0.3 is 5.97 Å². The number of hydrogen-bond donors (Lipinski definition) is 1. The lowest BCUT2D eigenvalue weighted by molar-refractivity contribution is -0.235. The second kappa shape index (κ2) is 3.53. The molecule has 1 atom stereocenters. The van der Waals surface area contributed by atoms with Crippen LogP contribution in [0.2, 0.25) is 0 Å². The van der Waals surface area contributed by atoms with Crippen molar-refractivity contribution in [2.75, 3.05) is 13.2 Å². The maximum atomic E-state index is 10.4. The summed E-state index contributed by atoms with van der Waals surface area (Å²) in [6.07, 6.45) is 1.14. The van der Waals surface area contributed by atoms with E-state index < -0.39 is 5.97 Å². The van der Waals surface area contributed by atoms with Gasteiger partial charge in [0.1, 0.15) is 0 Å². The normalized spacial score (nSPS) is 24.7. The predicted octanol–water partition coefficient (Wildman–Crippen LogP) is 0.429. The Kier molecular flexibility index (Phi) is 2.65. The van der Waals surface area contributed by atoms with Crippen LogP contribution in [-0.2, 0) is 14.4 Å². The molecule has 0 spiro atoms. The van der Waals surface area contributed by atoms with Crippen molar-refractivity contribution in [2.24, 2.45) is 5.92 Å². The first-order chi connectivity index (χ1) is 4.83. The molecule has 0 aromatic heterocycles. The van der Waals surface area contributed by atoms with Gasteiger partial charge in [0.25, 0.3) is 0 Å². The first-order valence-corrected chi connectivity index (χ1v) is 3.25. The van der Waals surface area contributed by atoms with E-state index in [0.29, 0.717) is 13.2 Å². The number of carbonyl (C=O) groups is 1. The molecule has 1 unspecified atom stereocenters. The molecule has 0 aromatic carbocycles. The molecule has 0 aromatic rings. The smallest absolute Gasteiger partial charge is 0.342 e. The molecule has 10 heavy (non-hydrogen) atoms. The van der Waals surface area contributed by atoms with Crippen LogP contribution in [0.3, 0.4) is 0 Å². The molecule has 0 radical (unpaired) electrons. The van der Waals surface area contributed by atoms with Gasteiger partial charge in [0.2, 0.25) is 0 Å². The summed E-state index contributed by atoms with van der Waals surface area (Å²) in [6, 6.07) is 0. The Hall–Kier alpha value is -0.610. The van der Waals surface area contributed by atoms with Crippen molar-refractivity contribution < 1.29 is 19.7 Å². The van der Waals surface area contributed by atoms with Crippen LogP contribution in [0.1, 0.15) is 12.8 Å². The molecular formula is C6H10O4. The summed E-state index contributed by atoms with van der Waals surface area (Å²) in [5.74, 6) is -0.338. The highest BCUT2D eigenvalue weighted by molar-refractivity contribution is 5.68. The van der Waals surface area contributed by atoms with Crippen molar-refractivity contribution in [3.05, 3.63) is 0 Å². The highest BCUT2D eigenvalue weighted by Gasteiger charge is 2.19. The molecule has 1 saturated heterocycles. The largest absolute Gasteiger partial charge is 0.381 e. The second-order valence-electron chi connectivity index (χ2n) is 2.40. The van der Waals surface area contributed by atoms with E-state index in [-0.39, 0.29) is 12.3 Å². The van der Waals surface area contributed by atoms with Crippen LogP contribution in [0.25, 0.3) is 0 Å². The van der Waals surface area contributed by atoms with Crippen molar-refractivity contribution in [3.8, 4) is 0 Å². The summed E-state index contributed by atoms with van der Waals surface area (Å²) in [7, 11) is 0. The average molecular weight is 146 g/mol. The molecule has 0 saturated carbocycles. The Morgan fingerprint density at radius 1 is 1.80 bits per heavy atom. The molecule has 4 nitrogen and oxygen atoms in total. The molecule has 0 bridgehead atoms. The van der Waals surface area contributed by atoms with Crippen LogP contribution in [0.5, 0.6) is 0 Å². The van der Waals surface area contributed by atoms with E-state index in [1.165, 1.54) is 0 Å². The van der Waals surface area contributed by atoms with Gasteiger partial charge in [-0.3, -0.25) is 0 Å². The first kappa shape index (κ1) is 7.50. The van der Waals surface area contributed by atoms with Gasteiger partial charge in [-0.25, -0.2) is 4.79 Å². The van der Waals surface area contributed by atoms with Crippen LogP contribution in [0.4, 0.5) is 0 Å². The van der Waals surface area contributed by atoms with E-state index in [2.05, 4.69) is 4.89 Å². The lowest BCUT2D eigenvalue weighted by Crippen LogP contribution is -2.09. The quantitative estimate of drug-likeness (QED) is 0.453. The molecule has 4 heteroatoms. The lowest BCUT2D eigenvalue weighted by atomic mass is 10.1. The van der Waals surface area contributed by atoms with Crippen LogP contribution in [0, 0.1) is 5.92 Å². The predicted molar refractivity (Wildman–Crippen MR) is 32.3 cm³/mol. The summed E-state index contributed by atoms with van der Waals surface area (Å²) in [4.78, 5) is 14.0. The number of carbonyl (C=O) groups excluding carboxylic acids is 1. The molecule has 1 heterocycles. The summed E-state index contributed by atoms with van der Waals surface area (Å²) < 4.78 is 5.01. The van der Waals surface area contributed by atoms with Crippen molar-refractivity contribution in [1.29, 1.82) is 0 Å². The molecule has 1 fully saturated rings. The number of hydrogen-bond acceptors (Lipinski definition) is 4. The minimum Gasteiger partial charge on any atom is -0.381 e. The molecule has 1 N–H and O–H groups in total. The second-order valence-corrected chi connectivity index (χ2v) is 2.40. The van der Waals surface area contributed by atoms with E-state index in [1.54, 1.807) is 0 Å². The van der Waals surface area contributed by atoms with E-state index >= 15 is 0 Å². The minimum absolute atomic E-state index is 0.236. The van der Waals surface area contributed by atoms with Gasteiger partial charge in [0, 0.05) is 6.61 Å². The lowest BCUT2D eigenvalue weighted by Gasteiger charge is -2.01. The Morgan fingerprint density at radius 2 is 2.60 bits per heavy atom. The molecule has 1 rings (SSSR count). The van der Waals surface area contributed by atoms with Gasteiger partial charge in [-0.2, -0.15) is 5.26 Å². The van der Waals surface area contributed by atoms with E-state index in [9.17, 15) is 4.79 Å². The van der Waals surface area contributed by atoms with Crippen LogP contribution in [-0.4, -0.2) is 24.4 Å². The highest BCUT2D eigenvalue weighted by atomic mass is 17.1. The molecule has 0 aliphatic carbocycles. The first-order valence-electron chi connectivity index (χ1n) is 3.25. The molecular weight excluding hydrogens is 136 g/mol. The maximum absolute atomic E-state index is 10.4. The Morgan fingerprint density at radius 3 is 3.10 bits per heavy atom. The topological polar surface area (TPSA) is 55.8 Å². The highest BCUT2D eigenvalue weighted by Crippen LogP contribution is 2.16. The Labute approximate surface area is 58.7 Å². The summed E-state index contributed by atoms with van der Waals surface area (Å²) in [6.45, 7) is 1.32.